The van der Waals surface area contributed by atoms with Gasteiger partial charge in [0.05, 0.1) is 0 Å². The summed E-state index contributed by atoms with van der Waals surface area (Å²) in [5.74, 6) is -0.885. The van der Waals surface area contributed by atoms with Crippen molar-refractivity contribution in [1.82, 2.24) is 15.5 Å². The fourth-order valence-electron chi connectivity index (χ4n) is 4.10. The average Bonchev–Trinajstić information content (AvgIpc) is 2.83. The summed E-state index contributed by atoms with van der Waals surface area (Å²) >= 11 is 0. The third kappa shape index (κ3) is 5.97. The summed E-state index contributed by atoms with van der Waals surface area (Å²) in [6.45, 7) is 19.0. The second-order valence-corrected chi connectivity index (χ2v) is 9.84. The van der Waals surface area contributed by atoms with Crippen molar-refractivity contribution in [2.45, 2.75) is 97.4 Å². The van der Waals surface area contributed by atoms with E-state index in [0.29, 0.717) is 25.8 Å². The molecule has 1 fully saturated rings. The molecule has 0 aromatic rings. The molecule has 0 heterocycles. The zero-order valence-corrected chi connectivity index (χ0v) is 19.3. The Morgan fingerprint density at radius 2 is 1.76 bits per heavy atom. The molecule has 7 nitrogen and oxygen atoms in total. The lowest BCUT2D eigenvalue weighted by molar-refractivity contribution is -0.140. The van der Waals surface area contributed by atoms with Gasteiger partial charge in [-0.15, -0.1) is 6.58 Å². The third-order valence-corrected chi connectivity index (χ3v) is 5.22. The van der Waals surface area contributed by atoms with Gasteiger partial charge in [-0.1, -0.05) is 6.08 Å². The van der Waals surface area contributed by atoms with Crippen molar-refractivity contribution in [2.75, 3.05) is 6.54 Å². The van der Waals surface area contributed by atoms with Crippen molar-refractivity contribution in [1.29, 1.82) is 0 Å². The molecule has 1 aliphatic rings. The normalized spacial score (nSPS) is 24.6. The van der Waals surface area contributed by atoms with Crippen molar-refractivity contribution < 1.29 is 19.1 Å². The summed E-state index contributed by atoms with van der Waals surface area (Å²) < 4.78 is 5.90. The van der Waals surface area contributed by atoms with Crippen LogP contribution < -0.4 is 10.6 Å². The monoisotopic (exact) mass is 409 g/mol. The maximum atomic E-state index is 13.5. The molecule has 1 aliphatic carbocycles. The summed E-state index contributed by atoms with van der Waals surface area (Å²) in [4.78, 5) is 40.2. The fourth-order valence-corrected chi connectivity index (χ4v) is 4.10. The first-order valence-corrected chi connectivity index (χ1v) is 10.4. The van der Waals surface area contributed by atoms with Crippen molar-refractivity contribution in [3.05, 3.63) is 12.7 Å². The van der Waals surface area contributed by atoms with E-state index in [2.05, 4.69) is 17.2 Å². The van der Waals surface area contributed by atoms with Crippen LogP contribution in [0, 0.1) is 5.92 Å². The van der Waals surface area contributed by atoms with E-state index >= 15 is 0 Å². The van der Waals surface area contributed by atoms with Gasteiger partial charge in [-0.05, 0) is 73.6 Å². The quantitative estimate of drug-likeness (QED) is 0.658. The van der Waals surface area contributed by atoms with Gasteiger partial charge in [0.1, 0.15) is 6.10 Å². The lowest BCUT2D eigenvalue weighted by atomic mass is 9.81. The molecule has 0 aliphatic heterocycles. The number of allylic oxidation sites excluding steroid dienone is 1. The van der Waals surface area contributed by atoms with Gasteiger partial charge in [-0.2, -0.15) is 0 Å². The van der Waals surface area contributed by atoms with Crippen molar-refractivity contribution >= 4 is 17.9 Å². The molecule has 2 N–H and O–H groups in total. The summed E-state index contributed by atoms with van der Waals surface area (Å²) in [7, 11) is 0. The fraction of sp³-hybridized carbons (Fsp3) is 0.773. The van der Waals surface area contributed by atoms with E-state index in [9.17, 15) is 14.4 Å². The molecule has 0 spiro atoms. The predicted molar refractivity (Wildman–Crippen MR) is 114 cm³/mol. The van der Waals surface area contributed by atoms with Gasteiger partial charge < -0.3 is 20.3 Å². The molecule has 0 aromatic carbocycles. The Morgan fingerprint density at radius 1 is 1.17 bits per heavy atom. The SMILES string of the molecule is C=CCC1CCC(OC(=O)N(CC)C(C)(C)C)[C@@]1(NC(C)=O)C(=O)NC(C)(C)C. The number of carbonyl (C=O) groups excluding carboxylic acids is 3. The van der Waals surface area contributed by atoms with Crippen LogP contribution in [-0.2, 0) is 14.3 Å². The van der Waals surface area contributed by atoms with Crippen LogP contribution in [0.1, 0.15) is 74.7 Å². The minimum atomic E-state index is -1.33. The summed E-state index contributed by atoms with van der Waals surface area (Å²) in [6, 6.07) is 0. The molecule has 0 bridgehead atoms. The van der Waals surface area contributed by atoms with Crippen LogP contribution in [0.15, 0.2) is 12.7 Å². The predicted octanol–water partition coefficient (Wildman–Crippen LogP) is 3.39. The number of ether oxygens (including phenoxy) is 1. The average molecular weight is 410 g/mol. The molecule has 0 aromatic heterocycles. The van der Waals surface area contributed by atoms with Gasteiger partial charge in [-0.3, -0.25) is 9.59 Å². The number of rotatable bonds is 6. The molecule has 0 saturated heterocycles. The Balaban J connectivity index is 3.37. The van der Waals surface area contributed by atoms with E-state index in [1.807, 2.05) is 48.5 Å². The number of hydrogen-bond donors (Lipinski definition) is 2. The van der Waals surface area contributed by atoms with E-state index in [1.54, 1.807) is 11.0 Å². The summed E-state index contributed by atoms with van der Waals surface area (Å²) in [5, 5.41) is 5.85. The molecule has 3 atom stereocenters. The maximum Gasteiger partial charge on any atom is 0.410 e. The molecule has 3 amide bonds. The first kappa shape index (κ1) is 25.0. The Hall–Kier alpha value is -2.05. The molecule has 166 valence electrons. The van der Waals surface area contributed by atoms with E-state index in [0.717, 1.165) is 0 Å². The highest BCUT2D eigenvalue weighted by Gasteiger charge is 2.58. The lowest BCUT2D eigenvalue weighted by Gasteiger charge is -2.42. The minimum absolute atomic E-state index is 0.214. The zero-order valence-electron chi connectivity index (χ0n) is 19.3. The molecule has 0 radical (unpaired) electrons. The van der Waals surface area contributed by atoms with Crippen LogP contribution in [-0.4, -0.2) is 52.1 Å². The smallest absolute Gasteiger partial charge is 0.410 e. The lowest BCUT2D eigenvalue weighted by Crippen LogP contribution is -2.69. The van der Waals surface area contributed by atoms with Crippen LogP contribution in [0.3, 0.4) is 0 Å². The highest BCUT2D eigenvalue weighted by atomic mass is 16.6. The molecule has 1 rings (SSSR count). The van der Waals surface area contributed by atoms with E-state index < -0.39 is 28.8 Å². The van der Waals surface area contributed by atoms with Crippen LogP contribution >= 0.6 is 0 Å². The van der Waals surface area contributed by atoms with Gasteiger partial charge in [0.2, 0.25) is 11.8 Å². The Kier molecular flexibility index (Phi) is 7.91. The minimum Gasteiger partial charge on any atom is -0.443 e. The van der Waals surface area contributed by atoms with Gasteiger partial charge in [0, 0.05) is 24.5 Å². The van der Waals surface area contributed by atoms with Crippen LogP contribution in [0.25, 0.3) is 0 Å². The van der Waals surface area contributed by atoms with E-state index in [-0.39, 0.29) is 17.7 Å². The Morgan fingerprint density at radius 3 is 2.17 bits per heavy atom. The van der Waals surface area contributed by atoms with Crippen molar-refractivity contribution in [3.8, 4) is 0 Å². The van der Waals surface area contributed by atoms with Crippen LogP contribution in [0.2, 0.25) is 0 Å². The van der Waals surface area contributed by atoms with E-state index in [1.165, 1.54) is 6.92 Å². The van der Waals surface area contributed by atoms with Crippen molar-refractivity contribution in [2.24, 2.45) is 5.92 Å². The summed E-state index contributed by atoms with van der Waals surface area (Å²) in [6.07, 6.45) is 2.16. The second kappa shape index (κ2) is 9.18. The molecule has 2 unspecified atom stereocenters. The Labute approximate surface area is 175 Å². The summed E-state index contributed by atoms with van der Waals surface area (Å²) in [5.41, 5.74) is -2.26. The van der Waals surface area contributed by atoms with Crippen LogP contribution in [0.5, 0.6) is 0 Å². The van der Waals surface area contributed by atoms with Crippen molar-refractivity contribution in [3.63, 3.8) is 0 Å². The second-order valence-electron chi connectivity index (χ2n) is 9.84. The molecular formula is C22H39N3O4. The van der Waals surface area contributed by atoms with Gasteiger partial charge in [0.25, 0.3) is 0 Å². The molecule has 29 heavy (non-hydrogen) atoms. The Bertz CT molecular complexity index is 633. The number of nitrogens with zero attached hydrogens (tertiary/aromatic N) is 1. The molecular weight excluding hydrogens is 370 g/mol. The zero-order chi connectivity index (χ0) is 22.6. The highest BCUT2D eigenvalue weighted by molar-refractivity contribution is 5.93. The molecule has 7 heteroatoms. The number of carbonyl (C=O) groups is 3. The van der Waals surface area contributed by atoms with Gasteiger partial charge in [0.15, 0.2) is 5.54 Å². The first-order chi connectivity index (χ1) is 13.2. The first-order valence-electron chi connectivity index (χ1n) is 10.4. The number of nitrogens with one attached hydrogen (secondary N) is 2. The third-order valence-electron chi connectivity index (χ3n) is 5.22. The topological polar surface area (TPSA) is 87.7 Å². The standard InChI is InChI=1S/C22H39N3O4/c1-10-12-16-13-14-17(29-19(28)25(11-2)21(7,8)9)22(16,23-15(3)26)18(27)24-20(4,5)6/h10,16-17H,1,11-14H2,2-9H3,(H,23,26)(H,24,27)/t16?,17?,22-/m1/s1. The van der Waals surface area contributed by atoms with E-state index in [4.69, 9.17) is 4.74 Å². The highest BCUT2D eigenvalue weighted by Crippen LogP contribution is 2.41. The van der Waals surface area contributed by atoms with Gasteiger partial charge >= 0.3 is 6.09 Å². The van der Waals surface area contributed by atoms with Crippen LogP contribution in [0.4, 0.5) is 4.79 Å². The molecule has 1 saturated carbocycles. The van der Waals surface area contributed by atoms with Gasteiger partial charge in [-0.25, -0.2) is 4.79 Å². The largest absolute Gasteiger partial charge is 0.443 e. The number of amides is 3. The number of hydrogen-bond acceptors (Lipinski definition) is 4. The maximum absolute atomic E-state index is 13.5.